The molecule has 2 heterocycles. The summed E-state index contributed by atoms with van der Waals surface area (Å²) in [4.78, 5) is 4.20. The van der Waals surface area contributed by atoms with E-state index in [9.17, 15) is 8.42 Å². The normalized spacial score (nSPS) is 21.1. The topological polar surface area (TPSA) is 62.3 Å². The van der Waals surface area contributed by atoms with Gasteiger partial charge in [0.05, 0.1) is 10.7 Å². The van der Waals surface area contributed by atoms with Crippen molar-refractivity contribution < 1.29 is 8.42 Å². The Balaban J connectivity index is 2.00. The third-order valence-electron chi connectivity index (χ3n) is 3.01. The van der Waals surface area contributed by atoms with E-state index in [-0.39, 0.29) is 6.04 Å². The molecule has 2 rings (SSSR count). The fourth-order valence-electron chi connectivity index (χ4n) is 2.18. The summed E-state index contributed by atoms with van der Waals surface area (Å²) in [6.07, 6.45) is 4.78. The zero-order valence-corrected chi connectivity index (χ0v) is 12.5. The van der Waals surface area contributed by atoms with E-state index in [1.165, 1.54) is 6.26 Å². The van der Waals surface area contributed by atoms with E-state index in [0.29, 0.717) is 13.1 Å². The second-order valence-electron chi connectivity index (χ2n) is 4.38. The lowest BCUT2D eigenvalue weighted by Gasteiger charge is -2.22. The van der Waals surface area contributed by atoms with E-state index in [2.05, 4.69) is 26.2 Å². The minimum absolute atomic E-state index is 0.0221. The van der Waals surface area contributed by atoms with E-state index in [0.717, 1.165) is 23.1 Å². The van der Waals surface area contributed by atoms with Gasteiger partial charge in [-0.25, -0.2) is 13.4 Å². The van der Waals surface area contributed by atoms with Crippen molar-refractivity contribution in [2.75, 3.05) is 24.7 Å². The predicted molar refractivity (Wildman–Crippen MR) is 75.0 cm³/mol. The molecule has 0 bridgehead atoms. The van der Waals surface area contributed by atoms with Crippen molar-refractivity contribution in [1.29, 1.82) is 0 Å². The molecule has 5 nitrogen and oxygen atoms in total. The first-order valence-electron chi connectivity index (χ1n) is 5.79. The van der Waals surface area contributed by atoms with Crippen molar-refractivity contribution in [1.82, 2.24) is 9.29 Å². The Morgan fingerprint density at radius 2 is 2.39 bits per heavy atom. The Morgan fingerprint density at radius 1 is 1.61 bits per heavy atom. The average molecular weight is 334 g/mol. The second-order valence-corrected chi connectivity index (χ2v) is 7.17. The SMILES string of the molecule is CS(=O)(=O)N1CCC[C@@H]1CNc1ncccc1Br. The Kier molecular flexibility index (Phi) is 4.24. The highest BCUT2D eigenvalue weighted by Crippen LogP contribution is 2.22. The number of rotatable bonds is 4. The molecule has 18 heavy (non-hydrogen) atoms. The molecule has 0 amide bonds. The Bertz CT molecular complexity index is 521. The third-order valence-corrected chi connectivity index (χ3v) is 4.99. The molecule has 0 unspecified atom stereocenters. The molecular weight excluding hydrogens is 318 g/mol. The van der Waals surface area contributed by atoms with Gasteiger partial charge in [0, 0.05) is 25.3 Å². The van der Waals surface area contributed by atoms with E-state index in [4.69, 9.17) is 0 Å². The number of pyridine rings is 1. The fourth-order valence-corrected chi connectivity index (χ4v) is 3.76. The lowest BCUT2D eigenvalue weighted by molar-refractivity contribution is 0.402. The highest BCUT2D eigenvalue weighted by molar-refractivity contribution is 9.10. The molecule has 1 atom stereocenters. The van der Waals surface area contributed by atoms with Crippen molar-refractivity contribution in [3.63, 3.8) is 0 Å². The summed E-state index contributed by atoms with van der Waals surface area (Å²) in [5, 5.41) is 3.19. The molecule has 0 aromatic carbocycles. The number of hydrogen-bond acceptors (Lipinski definition) is 4. The molecule has 0 spiro atoms. The molecule has 1 aliphatic rings. The molecular formula is C11H16BrN3O2S. The van der Waals surface area contributed by atoms with Gasteiger partial charge in [0.1, 0.15) is 5.82 Å². The zero-order chi connectivity index (χ0) is 13.2. The van der Waals surface area contributed by atoms with Gasteiger partial charge in [-0.1, -0.05) is 0 Å². The lowest BCUT2D eigenvalue weighted by Crippen LogP contribution is -2.38. The van der Waals surface area contributed by atoms with Gasteiger partial charge in [0.25, 0.3) is 0 Å². The number of nitrogens with zero attached hydrogens (tertiary/aromatic N) is 2. The first-order chi connectivity index (χ1) is 8.48. The van der Waals surface area contributed by atoms with Crippen LogP contribution in [0.25, 0.3) is 0 Å². The molecule has 1 saturated heterocycles. The van der Waals surface area contributed by atoms with Crippen molar-refractivity contribution in [2.24, 2.45) is 0 Å². The smallest absolute Gasteiger partial charge is 0.211 e. The van der Waals surface area contributed by atoms with Crippen molar-refractivity contribution in [3.05, 3.63) is 22.8 Å². The van der Waals surface area contributed by atoms with Crippen LogP contribution in [0.15, 0.2) is 22.8 Å². The first kappa shape index (κ1) is 13.8. The number of aromatic nitrogens is 1. The summed E-state index contributed by atoms with van der Waals surface area (Å²) in [6, 6.07) is 3.76. The van der Waals surface area contributed by atoms with Gasteiger partial charge in [-0.15, -0.1) is 0 Å². The Morgan fingerprint density at radius 3 is 3.06 bits per heavy atom. The number of hydrogen-bond donors (Lipinski definition) is 1. The highest BCUT2D eigenvalue weighted by Gasteiger charge is 2.31. The average Bonchev–Trinajstić information content (AvgIpc) is 2.76. The van der Waals surface area contributed by atoms with Gasteiger partial charge in [-0.05, 0) is 40.9 Å². The number of sulfonamides is 1. The molecule has 0 saturated carbocycles. The lowest BCUT2D eigenvalue weighted by atomic mass is 10.2. The van der Waals surface area contributed by atoms with Gasteiger partial charge in [-0.3, -0.25) is 0 Å². The summed E-state index contributed by atoms with van der Waals surface area (Å²) in [5.41, 5.74) is 0. The maximum absolute atomic E-state index is 11.6. The summed E-state index contributed by atoms with van der Waals surface area (Å²) in [5.74, 6) is 0.748. The first-order valence-corrected chi connectivity index (χ1v) is 8.44. The Labute approximate surface area is 116 Å². The number of halogens is 1. The van der Waals surface area contributed by atoms with Crippen LogP contribution in [0.1, 0.15) is 12.8 Å². The Hall–Kier alpha value is -0.660. The summed E-state index contributed by atoms with van der Waals surface area (Å²) in [6.45, 7) is 1.21. The van der Waals surface area contributed by atoms with Crippen molar-refractivity contribution in [3.8, 4) is 0 Å². The number of anilines is 1. The van der Waals surface area contributed by atoms with E-state index < -0.39 is 10.0 Å². The number of nitrogens with one attached hydrogen (secondary N) is 1. The molecule has 0 radical (unpaired) electrons. The molecule has 7 heteroatoms. The van der Waals surface area contributed by atoms with Gasteiger partial charge in [0.15, 0.2) is 0 Å². The summed E-state index contributed by atoms with van der Waals surface area (Å²) in [7, 11) is -3.11. The van der Waals surface area contributed by atoms with Crippen LogP contribution >= 0.6 is 15.9 Å². The van der Waals surface area contributed by atoms with Gasteiger partial charge in [-0.2, -0.15) is 4.31 Å². The van der Waals surface area contributed by atoms with Crippen LogP contribution < -0.4 is 5.32 Å². The zero-order valence-electron chi connectivity index (χ0n) is 10.1. The standard InChI is InChI=1S/C11H16BrN3O2S/c1-18(16,17)15-7-3-4-9(15)8-14-11-10(12)5-2-6-13-11/h2,5-6,9H,3-4,7-8H2,1H3,(H,13,14)/t9-/m1/s1. The summed E-state index contributed by atoms with van der Waals surface area (Å²) >= 11 is 3.40. The molecule has 0 aliphatic carbocycles. The van der Waals surface area contributed by atoms with Crippen LogP contribution in [0.3, 0.4) is 0 Å². The van der Waals surface area contributed by atoms with E-state index in [1.807, 2.05) is 12.1 Å². The van der Waals surface area contributed by atoms with Crippen LogP contribution in [-0.4, -0.2) is 43.1 Å². The summed E-state index contributed by atoms with van der Waals surface area (Å²) < 4.78 is 25.6. The molecule has 1 fully saturated rings. The molecule has 100 valence electrons. The third kappa shape index (κ3) is 3.21. The highest BCUT2D eigenvalue weighted by atomic mass is 79.9. The minimum atomic E-state index is -3.11. The van der Waals surface area contributed by atoms with Gasteiger partial charge < -0.3 is 5.32 Å². The quantitative estimate of drug-likeness (QED) is 0.910. The second kappa shape index (κ2) is 5.54. The van der Waals surface area contributed by atoms with Crippen LogP contribution in [0.5, 0.6) is 0 Å². The fraction of sp³-hybridized carbons (Fsp3) is 0.545. The minimum Gasteiger partial charge on any atom is -0.368 e. The van der Waals surface area contributed by atoms with Gasteiger partial charge in [0.2, 0.25) is 10.0 Å². The van der Waals surface area contributed by atoms with E-state index >= 15 is 0 Å². The predicted octanol–water partition coefficient (Wildman–Crippen LogP) is 1.68. The monoisotopic (exact) mass is 333 g/mol. The largest absolute Gasteiger partial charge is 0.368 e. The van der Waals surface area contributed by atoms with Crippen LogP contribution in [0.4, 0.5) is 5.82 Å². The van der Waals surface area contributed by atoms with Crippen molar-refractivity contribution >= 4 is 31.8 Å². The van der Waals surface area contributed by atoms with E-state index in [1.54, 1.807) is 10.5 Å². The van der Waals surface area contributed by atoms with Crippen LogP contribution in [0.2, 0.25) is 0 Å². The van der Waals surface area contributed by atoms with Crippen molar-refractivity contribution in [2.45, 2.75) is 18.9 Å². The van der Waals surface area contributed by atoms with Gasteiger partial charge >= 0.3 is 0 Å². The van der Waals surface area contributed by atoms with Crippen LogP contribution in [-0.2, 0) is 10.0 Å². The molecule has 1 N–H and O–H groups in total. The molecule has 1 aromatic heterocycles. The maximum Gasteiger partial charge on any atom is 0.211 e. The van der Waals surface area contributed by atoms with Crippen LogP contribution in [0, 0.1) is 0 Å². The molecule has 1 aromatic rings. The maximum atomic E-state index is 11.6. The molecule has 1 aliphatic heterocycles.